The number of aliphatic imine (C=N–C) groups is 1. The van der Waals surface area contributed by atoms with Crippen LogP contribution < -0.4 is 4.74 Å². The van der Waals surface area contributed by atoms with Crippen molar-refractivity contribution in [3.63, 3.8) is 0 Å². The third-order valence-corrected chi connectivity index (χ3v) is 5.54. The van der Waals surface area contributed by atoms with Crippen molar-refractivity contribution >= 4 is 34.6 Å². The number of amides is 1. The Morgan fingerprint density at radius 3 is 2.56 bits per heavy atom. The molecule has 0 N–H and O–H groups in total. The number of amidine groups is 1. The number of nitrogens with zero attached hydrogens (tertiary/aromatic N) is 2. The van der Waals surface area contributed by atoms with Crippen LogP contribution in [0.3, 0.4) is 0 Å². The van der Waals surface area contributed by atoms with Crippen LogP contribution in [0, 0.1) is 6.92 Å². The number of carbonyl (C=O) groups excluding carboxylic acids is 1. The molecule has 140 valence electrons. The van der Waals surface area contributed by atoms with Crippen molar-refractivity contribution in [2.75, 3.05) is 7.11 Å². The molecule has 0 aromatic heterocycles. The van der Waals surface area contributed by atoms with Crippen LogP contribution in [0.1, 0.15) is 31.4 Å². The molecule has 1 amide bonds. The van der Waals surface area contributed by atoms with E-state index in [1.165, 1.54) is 17.3 Å². The largest absolute Gasteiger partial charge is 0.496 e. The summed E-state index contributed by atoms with van der Waals surface area (Å²) < 4.78 is 5.41. The van der Waals surface area contributed by atoms with E-state index in [1.54, 1.807) is 12.0 Å². The van der Waals surface area contributed by atoms with E-state index in [0.717, 1.165) is 28.6 Å². The normalized spacial score (nSPS) is 18.4. The van der Waals surface area contributed by atoms with Crippen LogP contribution in [0.2, 0.25) is 0 Å². The first-order valence-electron chi connectivity index (χ1n) is 9.05. The SMILES string of the molecule is CC[C@@H](C)N1C(=O)/C(=C\c2ccccc2OC)SC1=Nc1ccc(C)cc1. The molecular formula is C22H24N2O2S. The first-order valence-corrected chi connectivity index (χ1v) is 9.86. The fraction of sp³-hybridized carbons (Fsp3) is 0.273. The van der Waals surface area contributed by atoms with Gasteiger partial charge in [-0.25, -0.2) is 4.99 Å². The molecule has 0 bridgehead atoms. The lowest BCUT2D eigenvalue weighted by Gasteiger charge is -2.22. The van der Waals surface area contributed by atoms with Crippen molar-refractivity contribution in [1.82, 2.24) is 4.90 Å². The van der Waals surface area contributed by atoms with Gasteiger partial charge in [0.05, 0.1) is 17.7 Å². The quantitative estimate of drug-likeness (QED) is 0.652. The van der Waals surface area contributed by atoms with E-state index < -0.39 is 0 Å². The van der Waals surface area contributed by atoms with Gasteiger partial charge in [-0.15, -0.1) is 0 Å². The second-order valence-corrected chi connectivity index (χ2v) is 7.52. The average molecular weight is 381 g/mol. The monoisotopic (exact) mass is 380 g/mol. The maximum atomic E-state index is 13.1. The zero-order chi connectivity index (χ0) is 19.4. The van der Waals surface area contributed by atoms with Gasteiger partial charge < -0.3 is 4.74 Å². The Morgan fingerprint density at radius 1 is 1.19 bits per heavy atom. The minimum atomic E-state index is -0.00822. The lowest BCUT2D eigenvalue weighted by atomic mass is 10.1. The summed E-state index contributed by atoms with van der Waals surface area (Å²) in [6.45, 7) is 6.17. The Morgan fingerprint density at radius 2 is 1.89 bits per heavy atom. The van der Waals surface area contributed by atoms with Gasteiger partial charge in [-0.3, -0.25) is 9.69 Å². The first-order chi connectivity index (χ1) is 13.0. The van der Waals surface area contributed by atoms with Crippen LogP contribution in [0.15, 0.2) is 58.4 Å². The van der Waals surface area contributed by atoms with Crippen LogP contribution in [-0.4, -0.2) is 29.1 Å². The molecule has 1 aliphatic heterocycles. The Kier molecular flexibility index (Phi) is 6.01. The maximum absolute atomic E-state index is 13.1. The summed E-state index contributed by atoms with van der Waals surface area (Å²) in [5.74, 6) is 0.739. The molecular weight excluding hydrogens is 356 g/mol. The summed E-state index contributed by atoms with van der Waals surface area (Å²) in [6.07, 6.45) is 2.75. The number of rotatable bonds is 5. The van der Waals surface area contributed by atoms with E-state index in [2.05, 4.69) is 13.8 Å². The summed E-state index contributed by atoms with van der Waals surface area (Å²) in [5, 5.41) is 0.722. The molecule has 1 saturated heterocycles. The minimum absolute atomic E-state index is 0.00822. The second-order valence-electron chi connectivity index (χ2n) is 6.51. The number of benzene rings is 2. The lowest BCUT2D eigenvalue weighted by Crippen LogP contribution is -2.36. The number of aryl methyl sites for hydroxylation is 1. The van der Waals surface area contributed by atoms with E-state index in [1.807, 2.05) is 61.5 Å². The van der Waals surface area contributed by atoms with Crippen LogP contribution in [0.4, 0.5) is 5.69 Å². The Balaban J connectivity index is 2.00. The topological polar surface area (TPSA) is 41.9 Å². The van der Waals surface area contributed by atoms with Crippen molar-refractivity contribution in [3.8, 4) is 5.75 Å². The molecule has 0 radical (unpaired) electrons. The van der Waals surface area contributed by atoms with Gasteiger partial charge >= 0.3 is 0 Å². The van der Waals surface area contributed by atoms with Gasteiger partial charge in [0.1, 0.15) is 5.75 Å². The van der Waals surface area contributed by atoms with Crippen molar-refractivity contribution in [2.24, 2.45) is 4.99 Å². The summed E-state index contributed by atoms with van der Waals surface area (Å²) in [4.78, 5) is 20.3. The fourth-order valence-corrected chi connectivity index (χ4v) is 3.87. The molecule has 2 aromatic carbocycles. The number of hydrogen-bond acceptors (Lipinski definition) is 4. The van der Waals surface area contributed by atoms with Crippen molar-refractivity contribution in [1.29, 1.82) is 0 Å². The summed E-state index contributed by atoms with van der Waals surface area (Å²) in [6, 6.07) is 15.8. The smallest absolute Gasteiger partial charge is 0.267 e. The molecule has 1 fully saturated rings. The summed E-state index contributed by atoms with van der Waals surface area (Å²) in [5.41, 5.74) is 2.92. The van der Waals surface area contributed by atoms with Gasteiger partial charge in [0, 0.05) is 11.6 Å². The van der Waals surface area contributed by atoms with Crippen molar-refractivity contribution in [3.05, 3.63) is 64.6 Å². The average Bonchev–Trinajstić information content (AvgIpc) is 2.98. The number of ether oxygens (including phenoxy) is 1. The van der Waals surface area contributed by atoms with Crippen LogP contribution >= 0.6 is 11.8 Å². The molecule has 0 spiro atoms. The molecule has 0 aliphatic carbocycles. The van der Waals surface area contributed by atoms with Gasteiger partial charge in [-0.1, -0.05) is 42.8 Å². The van der Waals surface area contributed by atoms with Crippen LogP contribution in [-0.2, 0) is 4.79 Å². The van der Waals surface area contributed by atoms with E-state index in [9.17, 15) is 4.79 Å². The molecule has 27 heavy (non-hydrogen) atoms. The number of hydrogen-bond donors (Lipinski definition) is 0. The molecule has 2 aromatic rings. The highest BCUT2D eigenvalue weighted by Crippen LogP contribution is 2.37. The van der Waals surface area contributed by atoms with Crippen LogP contribution in [0.5, 0.6) is 5.75 Å². The number of methoxy groups -OCH3 is 1. The molecule has 1 atom stereocenters. The minimum Gasteiger partial charge on any atom is -0.496 e. The van der Waals surface area contributed by atoms with E-state index in [-0.39, 0.29) is 11.9 Å². The van der Waals surface area contributed by atoms with Gasteiger partial charge in [-0.2, -0.15) is 0 Å². The zero-order valence-corrected chi connectivity index (χ0v) is 16.9. The third kappa shape index (κ3) is 4.25. The van der Waals surface area contributed by atoms with E-state index in [4.69, 9.17) is 9.73 Å². The zero-order valence-electron chi connectivity index (χ0n) is 16.1. The Hall–Kier alpha value is -2.53. The highest BCUT2D eigenvalue weighted by molar-refractivity contribution is 8.18. The molecule has 0 unspecified atom stereocenters. The summed E-state index contributed by atoms with van der Waals surface area (Å²) >= 11 is 1.42. The molecule has 4 nitrogen and oxygen atoms in total. The predicted octanol–water partition coefficient (Wildman–Crippen LogP) is 5.41. The van der Waals surface area contributed by atoms with Crippen LogP contribution in [0.25, 0.3) is 6.08 Å². The van der Waals surface area contributed by atoms with Crippen molar-refractivity contribution in [2.45, 2.75) is 33.2 Å². The molecule has 0 saturated carbocycles. The lowest BCUT2D eigenvalue weighted by molar-refractivity contribution is -0.123. The van der Waals surface area contributed by atoms with Crippen molar-refractivity contribution < 1.29 is 9.53 Å². The van der Waals surface area contributed by atoms with E-state index >= 15 is 0 Å². The predicted molar refractivity (Wildman–Crippen MR) is 113 cm³/mol. The highest BCUT2D eigenvalue weighted by atomic mass is 32.2. The number of carbonyl (C=O) groups is 1. The Bertz CT molecular complexity index is 887. The first kappa shape index (κ1) is 19.2. The van der Waals surface area contributed by atoms with E-state index in [0.29, 0.717) is 4.91 Å². The number of thioether (sulfide) groups is 1. The molecule has 5 heteroatoms. The van der Waals surface area contributed by atoms with Gasteiger partial charge in [0.15, 0.2) is 5.17 Å². The molecule has 3 rings (SSSR count). The highest BCUT2D eigenvalue weighted by Gasteiger charge is 2.36. The summed E-state index contributed by atoms with van der Waals surface area (Å²) in [7, 11) is 1.64. The standard InChI is InChI=1S/C22H24N2O2S/c1-5-16(3)24-21(25)20(14-17-8-6-7-9-19(17)26-4)27-22(24)23-18-12-10-15(2)11-13-18/h6-14,16H,5H2,1-4H3/b20-14+,23-22?/t16-/m1/s1. The van der Waals surface area contributed by atoms with Gasteiger partial charge in [0.2, 0.25) is 0 Å². The number of para-hydroxylation sites is 1. The Labute approximate surface area is 164 Å². The molecule has 1 heterocycles. The maximum Gasteiger partial charge on any atom is 0.267 e. The fourth-order valence-electron chi connectivity index (χ4n) is 2.79. The van der Waals surface area contributed by atoms with Gasteiger partial charge in [-0.05, 0) is 56.3 Å². The third-order valence-electron chi connectivity index (χ3n) is 4.55. The van der Waals surface area contributed by atoms with Gasteiger partial charge in [0.25, 0.3) is 5.91 Å². The second kappa shape index (κ2) is 8.44. The molecule has 1 aliphatic rings.